The van der Waals surface area contributed by atoms with Gasteiger partial charge < -0.3 is 10.1 Å². The molecule has 1 aromatic heterocycles. The first-order chi connectivity index (χ1) is 13.2. The zero-order chi connectivity index (χ0) is 18.8. The third-order valence-corrected chi connectivity index (χ3v) is 4.51. The Balaban J connectivity index is 2.00. The fraction of sp³-hybridized carbons (Fsp3) is 0. The third-order valence-electron chi connectivity index (χ3n) is 4.26. The summed E-state index contributed by atoms with van der Waals surface area (Å²) in [7, 11) is 0. The predicted octanol–water partition coefficient (Wildman–Crippen LogP) is 5.57. The number of nitrogens with one attached hydrogen (secondary N) is 1. The summed E-state index contributed by atoms with van der Waals surface area (Å²) in [4.78, 5) is 7.74. The number of nitrogens with zero attached hydrogens (tertiary/aromatic N) is 2. The molecule has 130 valence electrons. The first-order valence-corrected chi connectivity index (χ1v) is 8.68. The molecule has 0 fully saturated rings. The highest BCUT2D eigenvalue weighted by Gasteiger charge is 2.19. The number of hydrogen-bond acceptors (Lipinski definition) is 3. The molecule has 0 amide bonds. The first-order valence-electron chi connectivity index (χ1n) is 8.30. The monoisotopic (exact) mass is 371 g/mol. The number of nitriles is 1. The lowest BCUT2D eigenvalue weighted by Crippen LogP contribution is -2.02. The summed E-state index contributed by atoms with van der Waals surface area (Å²) in [6.07, 6.45) is 0. The molecule has 4 nitrogen and oxygen atoms in total. The Morgan fingerprint density at radius 3 is 2.44 bits per heavy atom. The van der Waals surface area contributed by atoms with Crippen molar-refractivity contribution in [2.24, 2.45) is 4.99 Å². The first kappa shape index (κ1) is 16.9. The number of fused-ring (bicyclic) bond motifs is 1. The van der Waals surface area contributed by atoms with Gasteiger partial charge in [0.15, 0.2) is 5.88 Å². The molecule has 0 atom stereocenters. The minimum Gasteiger partial charge on any atom is -0.494 e. The molecular weight excluding hydrogens is 358 g/mol. The highest BCUT2D eigenvalue weighted by molar-refractivity contribution is 6.30. The van der Waals surface area contributed by atoms with E-state index in [9.17, 15) is 10.4 Å². The van der Waals surface area contributed by atoms with Crippen LogP contribution in [-0.4, -0.2) is 15.8 Å². The van der Waals surface area contributed by atoms with Gasteiger partial charge in [0.2, 0.25) is 0 Å². The van der Waals surface area contributed by atoms with Gasteiger partial charge in [-0.2, -0.15) is 5.26 Å². The van der Waals surface area contributed by atoms with Crippen LogP contribution >= 0.6 is 11.6 Å². The van der Waals surface area contributed by atoms with Gasteiger partial charge >= 0.3 is 0 Å². The van der Waals surface area contributed by atoms with E-state index >= 15 is 0 Å². The van der Waals surface area contributed by atoms with E-state index in [-0.39, 0.29) is 5.88 Å². The van der Waals surface area contributed by atoms with Crippen molar-refractivity contribution < 1.29 is 5.11 Å². The Bertz CT molecular complexity index is 1190. The Morgan fingerprint density at radius 1 is 1.00 bits per heavy atom. The van der Waals surface area contributed by atoms with E-state index in [2.05, 4.69) is 11.1 Å². The second-order valence-electron chi connectivity index (χ2n) is 6.02. The number of benzene rings is 3. The molecule has 3 aromatic carbocycles. The number of rotatable bonds is 3. The average Bonchev–Trinajstić information content (AvgIpc) is 3.03. The van der Waals surface area contributed by atoms with Crippen molar-refractivity contribution in [3.63, 3.8) is 0 Å². The molecule has 0 bridgehead atoms. The molecule has 0 unspecified atom stereocenters. The van der Waals surface area contributed by atoms with E-state index in [1.54, 1.807) is 30.3 Å². The molecule has 0 radical (unpaired) electrons. The fourth-order valence-electron chi connectivity index (χ4n) is 2.99. The van der Waals surface area contributed by atoms with Crippen LogP contribution in [0.2, 0.25) is 5.02 Å². The number of hydrogen-bond donors (Lipinski definition) is 2. The van der Waals surface area contributed by atoms with Crippen molar-refractivity contribution >= 4 is 33.9 Å². The quantitative estimate of drug-likeness (QED) is 0.462. The number of aromatic nitrogens is 1. The van der Waals surface area contributed by atoms with Crippen LogP contribution in [0.5, 0.6) is 5.88 Å². The van der Waals surface area contributed by atoms with Crippen LogP contribution in [-0.2, 0) is 0 Å². The van der Waals surface area contributed by atoms with Crippen molar-refractivity contribution in [1.29, 1.82) is 5.26 Å². The van der Waals surface area contributed by atoms with Crippen LogP contribution in [0.4, 0.5) is 5.69 Å². The molecule has 4 aromatic rings. The van der Waals surface area contributed by atoms with Crippen molar-refractivity contribution in [3.8, 4) is 11.9 Å². The van der Waals surface area contributed by atoms with Crippen molar-refractivity contribution in [2.45, 2.75) is 0 Å². The van der Waals surface area contributed by atoms with Crippen LogP contribution in [0, 0.1) is 11.3 Å². The van der Waals surface area contributed by atoms with Crippen LogP contribution < -0.4 is 0 Å². The summed E-state index contributed by atoms with van der Waals surface area (Å²) >= 11 is 5.98. The predicted molar refractivity (Wildman–Crippen MR) is 108 cm³/mol. The smallest absolute Gasteiger partial charge is 0.199 e. The van der Waals surface area contributed by atoms with Gasteiger partial charge in [0.05, 0.1) is 28.6 Å². The van der Waals surface area contributed by atoms with Crippen molar-refractivity contribution in [1.82, 2.24) is 4.98 Å². The van der Waals surface area contributed by atoms with E-state index in [1.807, 2.05) is 42.5 Å². The summed E-state index contributed by atoms with van der Waals surface area (Å²) in [6, 6.07) is 24.2. The minimum atomic E-state index is 0.0108. The highest BCUT2D eigenvalue weighted by atomic mass is 35.5. The maximum Gasteiger partial charge on any atom is 0.199 e. The Hall–Kier alpha value is -3.55. The van der Waals surface area contributed by atoms with Crippen LogP contribution in [0.1, 0.15) is 16.7 Å². The standard InChI is InChI=1S/C22H14ClN3O/c23-16-7-9-17(10-8-16)25-21(15-4-2-1-3-5-15)20-18-12-14(13-24)6-11-19(18)26-22(20)27/h1-12,26-27H. The zero-order valence-electron chi connectivity index (χ0n) is 14.1. The molecule has 4 rings (SSSR count). The molecule has 0 aliphatic carbocycles. The van der Waals surface area contributed by atoms with Gasteiger partial charge in [-0.1, -0.05) is 41.9 Å². The third kappa shape index (κ3) is 3.29. The van der Waals surface area contributed by atoms with Gasteiger partial charge in [-0.25, -0.2) is 4.99 Å². The second kappa shape index (κ2) is 6.99. The maximum atomic E-state index is 10.6. The molecule has 27 heavy (non-hydrogen) atoms. The number of aromatic hydroxyl groups is 1. The highest BCUT2D eigenvalue weighted by Crippen LogP contribution is 2.32. The number of aromatic amines is 1. The fourth-order valence-corrected chi connectivity index (χ4v) is 3.12. The van der Waals surface area contributed by atoms with Crippen LogP contribution in [0.3, 0.4) is 0 Å². The largest absolute Gasteiger partial charge is 0.494 e. The summed E-state index contributed by atoms with van der Waals surface area (Å²) in [5.41, 5.74) is 3.98. The van der Waals surface area contributed by atoms with Gasteiger partial charge in [-0.3, -0.25) is 0 Å². The minimum absolute atomic E-state index is 0.0108. The molecule has 1 heterocycles. The Morgan fingerprint density at radius 2 is 1.74 bits per heavy atom. The molecule has 0 spiro atoms. The normalized spacial score (nSPS) is 11.5. The Kier molecular flexibility index (Phi) is 4.37. The lowest BCUT2D eigenvalue weighted by atomic mass is 10.00. The average molecular weight is 372 g/mol. The SMILES string of the molecule is N#Cc1ccc2[nH]c(O)c(C(=Nc3ccc(Cl)cc3)c3ccccc3)c2c1. The van der Waals surface area contributed by atoms with E-state index in [1.165, 1.54) is 0 Å². The summed E-state index contributed by atoms with van der Waals surface area (Å²) in [5.74, 6) is 0.0108. The number of aliphatic imine (C=N–C) groups is 1. The maximum absolute atomic E-state index is 10.6. The topological polar surface area (TPSA) is 72.2 Å². The van der Waals surface area contributed by atoms with E-state index < -0.39 is 0 Å². The lowest BCUT2D eigenvalue weighted by Gasteiger charge is -2.08. The van der Waals surface area contributed by atoms with Crippen molar-refractivity contribution in [2.75, 3.05) is 0 Å². The van der Waals surface area contributed by atoms with Crippen molar-refractivity contribution in [3.05, 3.63) is 94.5 Å². The molecular formula is C22H14ClN3O. The molecule has 0 saturated heterocycles. The summed E-state index contributed by atoms with van der Waals surface area (Å²) < 4.78 is 0. The summed E-state index contributed by atoms with van der Waals surface area (Å²) in [6.45, 7) is 0. The van der Waals surface area contributed by atoms with Gasteiger partial charge in [-0.05, 0) is 42.5 Å². The molecule has 0 saturated carbocycles. The van der Waals surface area contributed by atoms with Gasteiger partial charge in [0.1, 0.15) is 0 Å². The zero-order valence-corrected chi connectivity index (χ0v) is 14.9. The van der Waals surface area contributed by atoms with Gasteiger partial charge in [-0.15, -0.1) is 0 Å². The van der Waals surface area contributed by atoms with E-state index in [4.69, 9.17) is 16.6 Å². The lowest BCUT2D eigenvalue weighted by molar-refractivity contribution is 0.457. The van der Waals surface area contributed by atoms with E-state index in [0.29, 0.717) is 27.5 Å². The van der Waals surface area contributed by atoms with E-state index in [0.717, 1.165) is 16.5 Å². The molecule has 0 aliphatic rings. The van der Waals surface area contributed by atoms with Crippen LogP contribution in [0.25, 0.3) is 10.9 Å². The molecule has 0 aliphatic heterocycles. The second-order valence-corrected chi connectivity index (χ2v) is 6.46. The molecule has 2 N–H and O–H groups in total. The number of H-pyrrole nitrogens is 1. The van der Waals surface area contributed by atoms with Crippen LogP contribution in [0.15, 0.2) is 77.8 Å². The van der Waals surface area contributed by atoms with Gasteiger partial charge in [0, 0.05) is 21.5 Å². The number of halogens is 1. The van der Waals surface area contributed by atoms with Gasteiger partial charge in [0.25, 0.3) is 0 Å². The summed E-state index contributed by atoms with van der Waals surface area (Å²) in [5, 5.41) is 21.2. The Labute approximate surface area is 161 Å². The molecule has 5 heteroatoms.